The number of nitrogen functional groups attached to an aromatic ring is 3. The number of nitrogens with zero attached hydrogens (tertiary/aromatic N) is 11. The molecule has 0 amide bonds. The molecule has 3 aromatic heterocycles. The average Bonchev–Trinajstić information content (AvgIpc) is 3.86. The summed E-state index contributed by atoms with van der Waals surface area (Å²) in [4.78, 5) is 0. The monoisotopic (exact) mass is 920 g/mol. The standard InChI is InChI=1S/C11H21N5.C11H21N3.2C10H19N3.C5H12.C4H5N/c1-4-5-6-7-8-16-11(12)10(14-13-3)9(2)15-16;1-4-5-6-7-8-14-11(12)9(2)10(3)13-14;1-3-4-5-6-7-13-10(11)8-9(2)12-13;1-3-4-5-6-9-12-13-10(2)7-8-11;1-3-5-4-2;1-2-3-4-5/h4-8,12H2,1-3H3;4-8,12H2,1-3H3;8H,3-7,11H2,1-2H3;9-10,13H,3-7H2,1-2H3;3-5H2,1-2H3;2-3H,1H3/b;;;12-9-;;3-2+. The molecule has 0 aliphatic heterocycles. The van der Waals surface area contributed by atoms with Gasteiger partial charge in [-0.1, -0.05) is 138 Å². The Morgan fingerprint density at radius 2 is 1.15 bits per heavy atom. The molecule has 0 aromatic carbocycles. The van der Waals surface area contributed by atoms with Crippen LogP contribution in [0.3, 0.4) is 0 Å². The minimum atomic E-state index is 0.160. The van der Waals surface area contributed by atoms with E-state index in [0.717, 1.165) is 66.8 Å². The lowest BCUT2D eigenvalue weighted by Gasteiger charge is -2.04. The van der Waals surface area contributed by atoms with Crippen molar-refractivity contribution >= 4 is 29.4 Å². The number of nitriles is 2. The number of unbranched alkanes of at least 4 members (excludes halogenated alkanes) is 14. The Morgan fingerprint density at radius 3 is 1.53 bits per heavy atom. The van der Waals surface area contributed by atoms with Crippen LogP contribution in [-0.2, 0) is 19.6 Å². The van der Waals surface area contributed by atoms with Crippen molar-refractivity contribution in [1.82, 2.24) is 34.8 Å². The minimum absolute atomic E-state index is 0.160. The Morgan fingerprint density at radius 1 is 0.667 bits per heavy atom. The molecule has 0 aliphatic carbocycles. The largest absolute Gasteiger partial charge is 0.384 e. The Balaban J connectivity index is -0.000000751. The van der Waals surface area contributed by atoms with Crippen molar-refractivity contribution in [3.05, 3.63) is 40.9 Å². The zero-order valence-electron chi connectivity index (χ0n) is 44.3. The fraction of sp³-hybridized carbons (Fsp3) is 0.725. The molecule has 0 spiro atoms. The van der Waals surface area contributed by atoms with Crippen LogP contribution in [0.25, 0.3) is 0 Å². The Hall–Kier alpha value is -5.18. The quantitative estimate of drug-likeness (QED) is 0.0208. The van der Waals surface area contributed by atoms with E-state index in [4.69, 9.17) is 27.7 Å². The summed E-state index contributed by atoms with van der Waals surface area (Å²) < 4.78 is 5.65. The zero-order chi connectivity index (χ0) is 50.4. The first kappa shape index (κ1) is 65.1. The van der Waals surface area contributed by atoms with Gasteiger partial charge >= 0.3 is 0 Å². The van der Waals surface area contributed by atoms with Crippen LogP contribution in [-0.4, -0.2) is 48.6 Å². The van der Waals surface area contributed by atoms with E-state index in [-0.39, 0.29) is 6.04 Å². The average molecular weight is 920 g/mol. The van der Waals surface area contributed by atoms with E-state index >= 15 is 0 Å². The maximum absolute atomic E-state index is 8.37. The second-order valence-corrected chi connectivity index (χ2v) is 16.5. The van der Waals surface area contributed by atoms with Crippen LogP contribution in [0.2, 0.25) is 0 Å². The number of nitrogens with two attached hydrogens (primary N) is 3. The molecule has 3 aromatic rings. The lowest BCUT2D eigenvalue weighted by molar-refractivity contribution is 0.544. The SMILES string of the molecule is C/C=C/C#N.CCCCC.CCCCC/C=N\NC(C)CC#N.CCCCCCn1nc(C)c(C)c1N.CCCCCCn1nc(C)c(N=NC)c1N.CCCCCCn1nc(C)cc1N. The maximum Gasteiger partial charge on any atom is 0.150 e. The van der Waals surface area contributed by atoms with Crippen LogP contribution in [0.1, 0.15) is 206 Å². The van der Waals surface area contributed by atoms with Gasteiger partial charge in [0.15, 0.2) is 0 Å². The highest BCUT2D eigenvalue weighted by Gasteiger charge is 2.11. The molecule has 66 heavy (non-hydrogen) atoms. The summed E-state index contributed by atoms with van der Waals surface area (Å²) in [6.07, 6.45) is 29.2. The fourth-order valence-corrected chi connectivity index (χ4v) is 5.99. The van der Waals surface area contributed by atoms with E-state index in [1.165, 1.54) is 115 Å². The number of aryl methyl sites for hydroxylation is 6. The number of anilines is 3. The molecule has 15 nitrogen and oxygen atoms in total. The minimum Gasteiger partial charge on any atom is -0.384 e. The molecule has 0 fully saturated rings. The molecule has 0 saturated carbocycles. The lowest BCUT2D eigenvalue weighted by atomic mass is 10.2. The van der Waals surface area contributed by atoms with E-state index in [2.05, 4.69) is 83.7 Å². The summed E-state index contributed by atoms with van der Waals surface area (Å²) in [6.45, 7) is 27.7. The van der Waals surface area contributed by atoms with Crippen molar-refractivity contribution in [2.45, 2.75) is 237 Å². The van der Waals surface area contributed by atoms with Gasteiger partial charge in [-0.05, 0) is 73.6 Å². The van der Waals surface area contributed by atoms with E-state index in [1.54, 1.807) is 13.1 Å². The van der Waals surface area contributed by atoms with Gasteiger partial charge in [-0.2, -0.15) is 41.1 Å². The van der Waals surface area contributed by atoms with E-state index in [1.807, 2.05) is 73.9 Å². The normalized spacial score (nSPS) is 10.9. The number of hydrogen-bond acceptors (Lipinski definition) is 12. The number of hydrogen-bond donors (Lipinski definition) is 4. The predicted molar refractivity (Wildman–Crippen MR) is 283 cm³/mol. The first-order valence-corrected chi connectivity index (χ1v) is 25.1. The highest BCUT2D eigenvalue weighted by atomic mass is 15.3. The number of aromatic nitrogens is 6. The molecular weight excluding hydrogens is 823 g/mol. The van der Waals surface area contributed by atoms with Crippen molar-refractivity contribution in [1.29, 1.82) is 10.5 Å². The van der Waals surface area contributed by atoms with E-state index in [9.17, 15) is 0 Å². The Labute approximate surface area is 403 Å². The fourth-order valence-electron chi connectivity index (χ4n) is 5.99. The smallest absolute Gasteiger partial charge is 0.150 e. The molecule has 3 heterocycles. The topological polar surface area (TPSA) is 228 Å². The summed E-state index contributed by atoms with van der Waals surface area (Å²) in [5.41, 5.74) is 25.3. The summed E-state index contributed by atoms with van der Waals surface area (Å²) >= 11 is 0. The van der Waals surface area contributed by atoms with Crippen LogP contribution in [0.4, 0.5) is 23.1 Å². The molecule has 15 heteroatoms. The Kier molecular flexibility index (Phi) is 45.7. The summed E-state index contributed by atoms with van der Waals surface area (Å²) in [7, 11) is 1.64. The summed E-state index contributed by atoms with van der Waals surface area (Å²) in [6, 6.07) is 6.01. The van der Waals surface area contributed by atoms with Gasteiger partial charge in [0.2, 0.25) is 0 Å². The molecule has 1 unspecified atom stereocenters. The number of allylic oxidation sites excluding steroid dienone is 2. The maximum atomic E-state index is 8.37. The third kappa shape index (κ3) is 35.1. The van der Waals surface area contributed by atoms with Gasteiger partial charge in [-0.3, -0.25) is 0 Å². The van der Waals surface area contributed by atoms with Gasteiger partial charge in [0.25, 0.3) is 0 Å². The van der Waals surface area contributed by atoms with Crippen molar-refractivity contribution in [3.63, 3.8) is 0 Å². The van der Waals surface area contributed by atoms with Crippen LogP contribution in [0, 0.1) is 50.4 Å². The molecule has 0 radical (unpaired) electrons. The van der Waals surface area contributed by atoms with Crippen molar-refractivity contribution in [2.75, 3.05) is 24.2 Å². The number of rotatable bonds is 25. The van der Waals surface area contributed by atoms with Gasteiger partial charge < -0.3 is 22.6 Å². The van der Waals surface area contributed by atoms with Crippen molar-refractivity contribution in [2.24, 2.45) is 15.3 Å². The summed E-state index contributed by atoms with van der Waals surface area (Å²) in [5.74, 6) is 2.24. The molecule has 7 N–H and O–H groups in total. The number of nitrogens with one attached hydrogen (secondary N) is 1. The van der Waals surface area contributed by atoms with Gasteiger partial charge in [0.1, 0.15) is 23.1 Å². The van der Waals surface area contributed by atoms with Crippen LogP contribution in [0.5, 0.6) is 0 Å². The third-order valence-corrected chi connectivity index (χ3v) is 10.1. The first-order valence-electron chi connectivity index (χ1n) is 25.1. The van der Waals surface area contributed by atoms with Crippen LogP contribution >= 0.6 is 0 Å². The third-order valence-electron chi connectivity index (χ3n) is 10.1. The van der Waals surface area contributed by atoms with Gasteiger partial charge in [0, 0.05) is 50.6 Å². The second-order valence-electron chi connectivity index (χ2n) is 16.5. The van der Waals surface area contributed by atoms with Crippen molar-refractivity contribution in [3.8, 4) is 12.1 Å². The lowest BCUT2D eigenvalue weighted by Crippen LogP contribution is -2.19. The van der Waals surface area contributed by atoms with Gasteiger partial charge in [-0.15, -0.1) is 0 Å². The first-order chi connectivity index (χ1) is 31.7. The number of hydrazone groups is 1. The highest BCUT2D eigenvalue weighted by Crippen LogP contribution is 2.26. The van der Waals surface area contributed by atoms with Gasteiger partial charge in [0.05, 0.1) is 41.7 Å². The van der Waals surface area contributed by atoms with E-state index < -0.39 is 0 Å². The van der Waals surface area contributed by atoms with Crippen molar-refractivity contribution < 1.29 is 0 Å². The highest BCUT2D eigenvalue weighted by molar-refractivity contribution is 5.60. The number of azo groups is 1. The second kappa shape index (κ2) is 46.4. The molecule has 0 bridgehead atoms. The Bertz CT molecular complexity index is 1730. The summed E-state index contributed by atoms with van der Waals surface area (Å²) in [5, 5.41) is 40.9. The molecule has 0 saturated heterocycles. The predicted octanol–water partition coefficient (Wildman–Crippen LogP) is 13.8. The van der Waals surface area contributed by atoms with Gasteiger partial charge in [-0.25, -0.2) is 14.0 Å². The van der Waals surface area contributed by atoms with E-state index in [0.29, 0.717) is 17.9 Å². The molecular formula is C51H97N15. The molecule has 0 aliphatic rings. The van der Waals surface area contributed by atoms with Crippen LogP contribution in [0.15, 0.2) is 33.5 Å². The zero-order valence-corrected chi connectivity index (χ0v) is 44.3. The molecule has 1 atom stereocenters. The van der Waals surface area contributed by atoms with Crippen LogP contribution < -0.4 is 22.6 Å². The molecule has 3 rings (SSSR count). The molecule has 376 valence electrons.